The molecule has 0 saturated heterocycles. The molecular weight excluding hydrogens is 489 g/mol. The average molecular weight is 508 g/mol. The number of benzene rings is 3. The molecule has 0 bridgehead atoms. The Morgan fingerprint density at radius 2 is 1.07 bits per heavy atom. The van der Waals surface area contributed by atoms with E-state index in [1.807, 2.05) is 12.1 Å². The monoisotopic (exact) mass is 508 g/mol. The van der Waals surface area contributed by atoms with Gasteiger partial charge in [-0.2, -0.15) is 0 Å². The fraction of sp³-hybridized carbons (Fsp3) is 0.143. The normalized spacial score (nSPS) is 15.6. The Morgan fingerprint density at radius 3 is 1.47 bits per heavy atom. The Hall–Kier alpha value is -2.05. The van der Waals surface area contributed by atoms with Crippen molar-refractivity contribution in [1.29, 1.82) is 0 Å². The molecule has 3 aromatic carbocycles. The van der Waals surface area contributed by atoms with Gasteiger partial charge in [0.05, 0.1) is 0 Å². The van der Waals surface area contributed by atoms with E-state index in [4.69, 9.17) is 4.74 Å². The van der Waals surface area contributed by atoms with Gasteiger partial charge >= 0.3 is 35.0 Å². The van der Waals surface area contributed by atoms with Gasteiger partial charge in [0.1, 0.15) is 10.9 Å². The molecule has 0 aromatic heterocycles. The fourth-order valence-electron chi connectivity index (χ4n) is 2.89. The Labute approximate surface area is 174 Å². The third kappa shape index (κ3) is 6.47. The summed E-state index contributed by atoms with van der Waals surface area (Å²) < 4.78 is 65.5. The molecule has 0 spiro atoms. The predicted octanol–water partition coefficient (Wildman–Crippen LogP) is 8.15. The van der Waals surface area contributed by atoms with Crippen molar-refractivity contribution >= 4 is 25.1 Å². The van der Waals surface area contributed by atoms with Crippen LogP contribution in [0.3, 0.4) is 0 Å². The molecule has 1 aliphatic rings. The van der Waals surface area contributed by atoms with Gasteiger partial charge in [-0.25, -0.2) is 0 Å². The number of rotatable bonds is 2. The fourth-order valence-corrected chi connectivity index (χ4v) is 5.09. The molecule has 1 aliphatic heterocycles. The van der Waals surface area contributed by atoms with E-state index in [-0.39, 0.29) is 10.9 Å². The van der Waals surface area contributed by atoms with E-state index in [0.717, 1.165) is 11.5 Å². The number of hydrogen-bond donors (Lipinski definition) is 0. The van der Waals surface area contributed by atoms with Gasteiger partial charge in [-0.1, -0.05) is 50.2 Å². The van der Waals surface area contributed by atoms with E-state index in [9.17, 15) is 20.8 Å². The molecule has 0 amide bonds. The van der Waals surface area contributed by atoms with Gasteiger partial charge in [-0.15, -0.1) is 0 Å². The molecule has 0 fully saturated rings. The second kappa shape index (κ2) is 7.27. The Morgan fingerprint density at radius 1 is 0.667 bits per heavy atom. The van der Waals surface area contributed by atoms with Crippen LogP contribution in [0.5, 0.6) is 11.5 Å². The molecule has 0 atom stereocenters. The Balaban J connectivity index is 0.000000318. The first-order valence-electron chi connectivity index (χ1n) is 8.95. The number of para-hydroxylation sites is 2. The molecule has 9 heteroatoms. The summed E-state index contributed by atoms with van der Waals surface area (Å²) in [6, 6.07) is 25.8. The van der Waals surface area contributed by atoms with Crippen LogP contribution in [0.15, 0.2) is 87.5 Å². The van der Waals surface area contributed by atoms with Gasteiger partial charge in [0.25, 0.3) is 0 Å². The van der Waals surface area contributed by atoms with E-state index in [0.29, 0.717) is 5.92 Å². The molecule has 0 N–H and O–H groups in total. The summed E-state index contributed by atoms with van der Waals surface area (Å²) in [5.74, 6) is 2.51. The molecule has 1 nitrogen and oxygen atoms in total. The summed E-state index contributed by atoms with van der Waals surface area (Å²) in [5.41, 5.74) is 1.38. The van der Waals surface area contributed by atoms with Crippen LogP contribution in [0.25, 0.3) is 0 Å². The summed E-state index contributed by atoms with van der Waals surface area (Å²) in [7, 11) is -0.104. The second-order valence-electron chi connectivity index (χ2n) is 6.98. The van der Waals surface area contributed by atoms with Gasteiger partial charge in [-0.3, -0.25) is 0 Å². The quantitative estimate of drug-likeness (QED) is 0.151. The second-order valence-corrected chi connectivity index (χ2v) is 13.0. The number of fused-ring (bicyclic) bond motifs is 2. The van der Waals surface area contributed by atoms with Crippen molar-refractivity contribution in [3.63, 3.8) is 0 Å². The van der Waals surface area contributed by atoms with Crippen LogP contribution in [-0.4, -0.2) is 14.2 Å². The zero-order valence-corrected chi connectivity index (χ0v) is 18.7. The third-order valence-electron chi connectivity index (χ3n) is 4.14. The average Bonchev–Trinajstić information content (AvgIpc) is 2.63. The number of hydrogen-bond acceptors (Lipinski definition) is 1. The molecule has 4 rings (SSSR count). The molecule has 0 aliphatic carbocycles. The van der Waals surface area contributed by atoms with Gasteiger partial charge in [-0.05, 0) is 47.9 Å². The van der Waals surface area contributed by atoms with E-state index in [2.05, 4.69) is 74.5 Å². The topological polar surface area (TPSA) is 9.23 Å². The first-order chi connectivity index (χ1) is 13.7. The van der Waals surface area contributed by atoms with Gasteiger partial charge in [0.15, 0.2) is 16.4 Å². The minimum atomic E-state index is -11.1. The third-order valence-corrected chi connectivity index (χ3v) is 6.44. The Bertz CT molecular complexity index is 993. The van der Waals surface area contributed by atoms with Gasteiger partial charge in [0, 0.05) is 0 Å². The van der Waals surface area contributed by atoms with Crippen LogP contribution in [0, 0.1) is 0 Å². The molecule has 1 heterocycles. The van der Waals surface area contributed by atoms with Crippen LogP contribution in [0.2, 0.25) is 0 Å². The van der Waals surface area contributed by atoms with Gasteiger partial charge in [0.2, 0.25) is 9.79 Å². The van der Waals surface area contributed by atoms with Crippen molar-refractivity contribution in [2.75, 3.05) is 0 Å². The molecule has 0 unspecified atom stereocenters. The summed E-state index contributed by atoms with van der Waals surface area (Å²) in [5, 5.41) is 0. The molecule has 30 heavy (non-hydrogen) atoms. The van der Waals surface area contributed by atoms with E-state index in [1.54, 1.807) is 0 Å². The van der Waals surface area contributed by atoms with E-state index >= 15 is 0 Å². The first-order valence-corrected chi connectivity index (χ1v) is 14.4. The first kappa shape index (κ1) is 22.6. The van der Waals surface area contributed by atoms with E-state index in [1.165, 1.54) is 20.2 Å². The van der Waals surface area contributed by atoms with Crippen molar-refractivity contribution < 1.29 is 25.5 Å². The van der Waals surface area contributed by atoms with Crippen LogP contribution >= 0.6 is 0 Å². The number of halogens is 6. The van der Waals surface area contributed by atoms with Crippen LogP contribution in [0.4, 0.5) is 20.8 Å². The number of ether oxygens (including phenoxy) is 1. The SMILES string of the molecule is CC(C)c1ccc([S+]2c3ccccc3Oc3ccccc32)cc1.F[As-](F)(F)(F)(F)F. The molecule has 0 radical (unpaired) electrons. The van der Waals surface area contributed by atoms with Crippen molar-refractivity contribution in [2.45, 2.75) is 34.5 Å². The Kier molecular flexibility index (Phi) is 5.49. The maximum absolute atomic E-state index is 11.1. The summed E-state index contributed by atoms with van der Waals surface area (Å²) >= 11 is -11.1. The van der Waals surface area contributed by atoms with E-state index < -0.39 is 14.2 Å². The van der Waals surface area contributed by atoms with Crippen molar-refractivity contribution in [3.05, 3.63) is 78.4 Å². The summed E-state index contributed by atoms with van der Waals surface area (Å²) in [6.07, 6.45) is 0. The molecular formula is C21H19AsF6OS. The zero-order valence-electron chi connectivity index (χ0n) is 16.0. The van der Waals surface area contributed by atoms with Crippen LogP contribution in [-0.2, 0) is 10.9 Å². The minimum absolute atomic E-state index is 0.104. The van der Waals surface area contributed by atoms with Crippen molar-refractivity contribution in [1.82, 2.24) is 0 Å². The molecule has 162 valence electrons. The van der Waals surface area contributed by atoms with Crippen LogP contribution < -0.4 is 4.74 Å². The van der Waals surface area contributed by atoms with Gasteiger partial charge < -0.3 is 4.74 Å². The maximum atomic E-state index is 9.91. The van der Waals surface area contributed by atoms with Crippen molar-refractivity contribution in [2.24, 2.45) is 0 Å². The van der Waals surface area contributed by atoms with Crippen molar-refractivity contribution in [3.8, 4) is 11.5 Å². The molecule has 0 saturated carbocycles. The standard InChI is InChI=1S/C21H19OS.AsF6/c1-15(2)16-11-13-17(14-12-16)23-20-9-5-3-7-18(20)22-19-8-4-6-10-21(19)23;2-1(3,4,5,6)7/h3-15H,1-2H3;/q+1;-1. The predicted molar refractivity (Wildman–Crippen MR) is 108 cm³/mol. The molecule has 3 aromatic rings. The summed E-state index contributed by atoms with van der Waals surface area (Å²) in [6.45, 7) is 4.46. The summed E-state index contributed by atoms with van der Waals surface area (Å²) in [4.78, 5) is 3.88. The van der Waals surface area contributed by atoms with Crippen LogP contribution in [0.1, 0.15) is 25.3 Å². The zero-order chi connectivity index (χ0) is 22.2.